The van der Waals surface area contributed by atoms with Gasteiger partial charge in [0, 0.05) is 13.2 Å². The van der Waals surface area contributed by atoms with Crippen LogP contribution in [0.3, 0.4) is 0 Å². The average Bonchev–Trinajstić information content (AvgIpc) is 3.02. The average molecular weight is 358 g/mol. The number of aromatic nitrogens is 2. The highest BCUT2D eigenvalue weighted by Gasteiger charge is 2.47. The summed E-state index contributed by atoms with van der Waals surface area (Å²) in [6.45, 7) is 1.76. The van der Waals surface area contributed by atoms with Gasteiger partial charge in [-0.2, -0.15) is 0 Å². The number of hydrogen-bond acceptors (Lipinski definition) is 4. The summed E-state index contributed by atoms with van der Waals surface area (Å²) in [6.07, 6.45) is 4.58. The quantitative estimate of drug-likeness (QED) is 0.853. The van der Waals surface area contributed by atoms with Gasteiger partial charge in [0.05, 0.1) is 0 Å². The molecule has 0 bridgehead atoms. The lowest BCUT2D eigenvalue weighted by Gasteiger charge is -2.41. The molecule has 1 aliphatic carbocycles. The van der Waals surface area contributed by atoms with Crippen molar-refractivity contribution in [3.05, 3.63) is 16.6 Å². The third-order valence-electron chi connectivity index (χ3n) is 4.72. The molecule has 1 aliphatic heterocycles. The Balaban J connectivity index is 1.91. The molecule has 116 valence electrons. The number of aryl methyl sites for hydroxylation is 1. The third kappa shape index (κ3) is 2.86. The minimum Gasteiger partial charge on any atom is -0.480 e. The number of nitrogens with one attached hydrogen (secondary N) is 1. The minimum absolute atomic E-state index is 0.282. The molecule has 6 nitrogen and oxygen atoms in total. The first-order valence-corrected chi connectivity index (χ1v) is 8.05. The maximum absolute atomic E-state index is 11.0. The lowest BCUT2D eigenvalue weighted by molar-refractivity contribution is -0.157. The van der Waals surface area contributed by atoms with Crippen LogP contribution < -0.4 is 5.32 Å². The van der Waals surface area contributed by atoms with E-state index in [4.69, 9.17) is 9.84 Å². The van der Waals surface area contributed by atoms with Crippen LogP contribution in [0.2, 0.25) is 0 Å². The first kappa shape index (κ1) is 15.0. The van der Waals surface area contributed by atoms with Crippen molar-refractivity contribution in [1.29, 1.82) is 0 Å². The number of ether oxygens (including phenoxy) is 1. The van der Waals surface area contributed by atoms with Crippen molar-refractivity contribution in [2.45, 2.75) is 24.9 Å². The van der Waals surface area contributed by atoms with Crippen molar-refractivity contribution in [1.82, 2.24) is 14.9 Å². The molecule has 0 amide bonds. The summed E-state index contributed by atoms with van der Waals surface area (Å²) < 4.78 is 8.58. The topological polar surface area (TPSA) is 76.4 Å². The van der Waals surface area contributed by atoms with Crippen molar-refractivity contribution < 1.29 is 14.6 Å². The lowest BCUT2D eigenvalue weighted by atomic mass is 9.72. The maximum atomic E-state index is 11.0. The molecule has 3 rings (SSSR count). The van der Waals surface area contributed by atoms with Gasteiger partial charge in [0.25, 0.3) is 0 Å². The number of carboxylic acid groups (broad SMARTS) is 1. The molecule has 0 spiro atoms. The summed E-state index contributed by atoms with van der Waals surface area (Å²) >= 11 is 3.39. The van der Waals surface area contributed by atoms with E-state index >= 15 is 0 Å². The van der Waals surface area contributed by atoms with Gasteiger partial charge in [0.2, 0.25) is 0 Å². The Morgan fingerprint density at radius 2 is 2.38 bits per heavy atom. The van der Waals surface area contributed by atoms with Gasteiger partial charge in [-0.05, 0) is 60.1 Å². The highest BCUT2D eigenvalue weighted by molar-refractivity contribution is 9.10. The van der Waals surface area contributed by atoms with E-state index in [-0.39, 0.29) is 6.61 Å². The highest BCUT2D eigenvalue weighted by atomic mass is 79.9. The van der Waals surface area contributed by atoms with Crippen molar-refractivity contribution in [2.75, 3.05) is 19.7 Å². The van der Waals surface area contributed by atoms with Gasteiger partial charge in [-0.25, -0.2) is 9.78 Å². The molecule has 1 aromatic rings. The Morgan fingerprint density at radius 1 is 1.62 bits per heavy atom. The molecule has 0 radical (unpaired) electrons. The predicted molar refractivity (Wildman–Crippen MR) is 79.9 cm³/mol. The number of halogens is 1. The SMILES string of the molecule is Cn1cc(Br)nc1C1(OCC(=O)O)CCC2CNCC2C1. The largest absolute Gasteiger partial charge is 0.480 e. The van der Waals surface area contributed by atoms with Crippen LogP contribution in [-0.4, -0.2) is 40.3 Å². The number of hydrogen-bond donors (Lipinski definition) is 2. The molecule has 1 saturated heterocycles. The zero-order valence-corrected chi connectivity index (χ0v) is 13.6. The van der Waals surface area contributed by atoms with E-state index in [2.05, 4.69) is 26.2 Å². The molecule has 2 aliphatic rings. The van der Waals surface area contributed by atoms with Crippen molar-refractivity contribution in [3.63, 3.8) is 0 Å². The molecule has 2 fully saturated rings. The van der Waals surface area contributed by atoms with Crippen molar-refractivity contribution in [3.8, 4) is 0 Å². The van der Waals surface area contributed by atoms with Crippen LogP contribution in [0.5, 0.6) is 0 Å². The first-order valence-electron chi connectivity index (χ1n) is 7.26. The van der Waals surface area contributed by atoms with E-state index in [9.17, 15) is 4.79 Å². The van der Waals surface area contributed by atoms with E-state index in [0.717, 1.165) is 42.8 Å². The summed E-state index contributed by atoms with van der Waals surface area (Å²) in [6, 6.07) is 0. The standard InChI is InChI=1S/C14H20BrN3O3/c1-18-7-11(15)17-13(18)14(21-8-12(19)20)3-2-9-5-16-6-10(9)4-14/h7,9-10,16H,2-6,8H2,1H3,(H,19,20). The molecular weight excluding hydrogens is 338 g/mol. The van der Waals surface area contributed by atoms with Crippen molar-refractivity contribution in [2.24, 2.45) is 18.9 Å². The van der Waals surface area contributed by atoms with Crippen LogP contribution in [0.1, 0.15) is 25.1 Å². The molecule has 3 atom stereocenters. The zero-order valence-electron chi connectivity index (χ0n) is 12.0. The number of rotatable bonds is 4. The van der Waals surface area contributed by atoms with Crippen LogP contribution in [0.15, 0.2) is 10.8 Å². The van der Waals surface area contributed by atoms with Gasteiger partial charge in [-0.3, -0.25) is 0 Å². The highest BCUT2D eigenvalue weighted by Crippen LogP contribution is 2.46. The first-order chi connectivity index (χ1) is 10.00. The Morgan fingerprint density at radius 3 is 3.05 bits per heavy atom. The summed E-state index contributed by atoms with van der Waals surface area (Å²) in [5.74, 6) is 1.09. The van der Waals surface area contributed by atoms with Gasteiger partial charge in [0.1, 0.15) is 22.6 Å². The van der Waals surface area contributed by atoms with Gasteiger partial charge >= 0.3 is 5.97 Å². The molecule has 21 heavy (non-hydrogen) atoms. The van der Waals surface area contributed by atoms with Gasteiger partial charge in [-0.1, -0.05) is 0 Å². The van der Waals surface area contributed by atoms with Crippen LogP contribution in [-0.2, 0) is 22.2 Å². The second-order valence-electron chi connectivity index (χ2n) is 6.10. The molecule has 3 unspecified atom stereocenters. The van der Waals surface area contributed by atoms with E-state index in [1.165, 1.54) is 0 Å². The number of carboxylic acids is 1. The predicted octanol–water partition coefficient (Wildman–Crippen LogP) is 1.50. The Bertz CT molecular complexity index is 548. The fourth-order valence-electron chi connectivity index (χ4n) is 3.76. The van der Waals surface area contributed by atoms with E-state index < -0.39 is 11.6 Å². The van der Waals surface area contributed by atoms with E-state index in [1.807, 2.05) is 17.8 Å². The lowest BCUT2D eigenvalue weighted by Crippen LogP contribution is -2.42. The van der Waals surface area contributed by atoms with E-state index in [0.29, 0.717) is 11.8 Å². The molecule has 1 aromatic heterocycles. The number of imidazole rings is 1. The summed E-state index contributed by atoms with van der Waals surface area (Å²) in [4.78, 5) is 15.5. The Kier molecular flexibility index (Phi) is 4.07. The monoisotopic (exact) mass is 357 g/mol. The van der Waals surface area contributed by atoms with Gasteiger partial charge in [0.15, 0.2) is 0 Å². The van der Waals surface area contributed by atoms with Crippen molar-refractivity contribution >= 4 is 21.9 Å². The summed E-state index contributed by atoms with van der Waals surface area (Å²) in [5, 5.41) is 12.4. The Hall–Kier alpha value is -0.920. The number of carbonyl (C=O) groups is 1. The number of fused-ring (bicyclic) bond motifs is 1. The van der Waals surface area contributed by atoms with Gasteiger partial charge in [-0.15, -0.1) is 0 Å². The number of aliphatic carboxylic acids is 1. The smallest absolute Gasteiger partial charge is 0.329 e. The minimum atomic E-state index is -0.936. The summed E-state index contributed by atoms with van der Waals surface area (Å²) in [5.41, 5.74) is -0.591. The maximum Gasteiger partial charge on any atom is 0.329 e. The second kappa shape index (κ2) is 5.70. The molecule has 2 N–H and O–H groups in total. The third-order valence-corrected chi connectivity index (χ3v) is 5.10. The Labute approximate surface area is 132 Å². The molecular formula is C14H20BrN3O3. The fourth-order valence-corrected chi connectivity index (χ4v) is 4.24. The summed E-state index contributed by atoms with van der Waals surface area (Å²) in [7, 11) is 1.93. The fraction of sp³-hybridized carbons (Fsp3) is 0.714. The molecule has 1 saturated carbocycles. The molecule has 0 aromatic carbocycles. The normalized spacial score (nSPS) is 32.1. The zero-order chi connectivity index (χ0) is 15.0. The van der Waals surface area contributed by atoms with Gasteiger partial charge < -0.3 is 19.7 Å². The molecule has 2 heterocycles. The van der Waals surface area contributed by atoms with Crippen LogP contribution in [0.4, 0.5) is 0 Å². The van der Waals surface area contributed by atoms with Crippen LogP contribution in [0.25, 0.3) is 0 Å². The van der Waals surface area contributed by atoms with E-state index in [1.54, 1.807) is 0 Å². The van der Waals surface area contributed by atoms with Crippen LogP contribution in [0, 0.1) is 11.8 Å². The second-order valence-corrected chi connectivity index (χ2v) is 6.91. The number of nitrogens with zero attached hydrogens (tertiary/aromatic N) is 2. The molecule has 7 heteroatoms. The van der Waals surface area contributed by atoms with Crippen LogP contribution >= 0.6 is 15.9 Å².